The average Bonchev–Trinajstić information content (AvgIpc) is 2.68. The highest BCUT2D eigenvalue weighted by Gasteiger charge is 2.23. The van der Waals surface area contributed by atoms with Gasteiger partial charge in [0.1, 0.15) is 6.04 Å². The molecule has 1 saturated heterocycles. The first kappa shape index (κ1) is 13.8. The molecule has 0 spiro atoms. The molecule has 1 heterocycles. The van der Waals surface area contributed by atoms with Gasteiger partial charge in [-0.3, -0.25) is 14.4 Å². The SMILES string of the molecule is CC(=O)NC(CS)C(=O)NCC1CCC(=O)N1. The molecule has 3 amide bonds. The summed E-state index contributed by atoms with van der Waals surface area (Å²) < 4.78 is 0. The maximum Gasteiger partial charge on any atom is 0.243 e. The van der Waals surface area contributed by atoms with Crippen LogP contribution >= 0.6 is 12.6 Å². The minimum absolute atomic E-state index is 0.00987. The molecule has 0 radical (unpaired) electrons. The second-order valence-electron chi connectivity index (χ2n) is 3.98. The van der Waals surface area contributed by atoms with Crippen molar-refractivity contribution < 1.29 is 14.4 Å². The summed E-state index contributed by atoms with van der Waals surface area (Å²) in [5.74, 6) is -0.302. The summed E-state index contributed by atoms with van der Waals surface area (Å²) in [4.78, 5) is 33.4. The highest BCUT2D eigenvalue weighted by Crippen LogP contribution is 2.05. The lowest BCUT2D eigenvalue weighted by Gasteiger charge is -2.17. The van der Waals surface area contributed by atoms with E-state index in [-0.39, 0.29) is 29.5 Å². The van der Waals surface area contributed by atoms with Crippen LogP contribution in [0, 0.1) is 0 Å². The maximum atomic E-state index is 11.7. The van der Waals surface area contributed by atoms with Crippen molar-refractivity contribution in [3.05, 3.63) is 0 Å². The van der Waals surface area contributed by atoms with Crippen molar-refractivity contribution in [1.82, 2.24) is 16.0 Å². The van der Waals surface area contributed by atoms with Crippen LogP contribution in [0.1, 0.15) is 19.8 Å². The summed E-state index contributed by atoms with van der Waals surface area (Å²) in [7, 11) is 0. The quantitative estimate of drug-likeness (QED) is 0.469. The maximum absolute atomic E-state index is 11.7. The monoisotopic (exact) mass is 259 g/mol. The summed E-state index contributed by atoms with van der Waals surface area (Å²) in [5.41, 5.74) is 0. The van der Waals surface area contributed by atoms with Crippen molar-refractivity contribution in [2.75, 3.05) is 12.3 Å². The molecule has 96 valence electrons. The predicted molar refractivity (Wildman–Crippen MR) is 65.6 cm³/mol. The third-order valence-electron chi connectivity index (χ3n) is 2.48. The van der Waals surface area contributed by atoms with Crippen LogP contribution in [0.25, 0.3) is 0 Å². The topological polar surface area (TPSA) is 87.3 Å². The zero-order valence-electron chi connectivity index (χ0n) is 9.66. The lowest BCUT2D eigenvalue weighted by atomic mass is 10.2. The van der Waals surface area contributed by atoms with E-state index < -0.39 is 6.04 Å². The summed E-state index contributed by atoms with van der Waals surface area (Å²) >= 11 is 4.00. The Bertz CT molecular complexity index is 322. The molecule has 3 N–H and O–H groups in total. The standard InChI is InChI=1S/C10H17N3O3S/c1-6(14)12-8(5-17)10(16)11-4-7-2-3-9(15)13-7/h7-8,17H,2-5H2,1H3,(H,11,16)(H,12,14)(H,13,15). The van der Waals surface area contributed by atoms with Crippen molar-refractivity contribution in [3.63, 3.8) is 0 Å². The molecule has 7 heteroatoms. The van der Waals surface area contributed by atoms with Crippen LogP contribution in [0.4, 0.5) is 0 Å². The van der Waals surface area contributed by atoms with Gasteiger partial charge in [-0.15, -0.1) is 0 Å². The summed E-state index contributed by atoms with van der Waals surface area (Å²) in [6.07, 6.45) is 1.23. The van der Waals surface area contributed by atoms with Crippen LogP contribution in [0.5, 0.6) is 0 Å². The van der Waals surface area contributed by atoms with Crippen LogP contribution in [-0.2, 0) is 14.4 Å². The molecule has 0 bridgehead atoms. The number of hydrogen-bond acceptors (Lipinski definition) is 4. The zero-order valence-corrected chi connectivity index (χ0v) is 10.5. The molecule has 1 fully saturated rings. The van der Waals surface area contributed by atoms with Crippen LogP contribution in [0.3, 0.4) is 0 Å². The molecule has 0 aromatic carbocycles. The van der Waals surface area contributed by atoms with Crippen molar-refractivity contribution in [2.45, 2.75) is 31.8 Å². The molecule has 2 unspecified atom stereocenters. The summed E-state index contributed by atoms with van der Waals surface area (Å²) in [6, 6.07) is -0.641. The number of carbonyl (C=O) groups excluding carboxylic acids is 3. The van der Waals surface area contributed by atoms with Gasteiger partial charge in [0.2, 0.25) is 17.7 Å². The van der Waals surface area contributed by atoms with Gasteiger partial charge in [-0.1, -0.05) is 0 Å². The Labute approximate surface area is 105 Å². The van der Waals surface area contributed by atoms with Crippen molar-refractivity contribution >= 4 is 30.4 Å². The van der Waals surface area contributed by atoms with Crippen LogP contribution in [0.2, 0.25) is 0 Å². The van der Waals surface area contributed by atoms with Gasteiger partial charge in [-0.2, -0.15) is 12.6 Å². The second-order valence-corrected chi connectivity index (χ2v) is 4.35. The molecule has 1 aliphatic heterocycles. The number of rotatable bonds is 5. The van der Waals surface area contributed by atoms with Crippen molar-refractivity contribution in [2.24, 2.45) is 0 Å². The fourth-order valence-electron chi connectivity index (χ4n) is 1.62. The van der Waals surface area contributed by atoms with E-state index in [4.69, 9.17) is 0 Å². The molecule has 1 rings (SSSR count). The van der Waals surface area contributed by atoms with Crippen LogP contribution in [-0.4, -0.2) is 42.1 Å². The lowest BCUT2D eigenvalue weighted by Crippen LogP contribution is -2.49. The molecular formula is C10H17N3O3S. The molecule has 2 atom stereocenters. The molecule has 17 heavy (non-hydrogen) atoms. The number of amides is 3. The van der Waals surface area contributed by atoms with Crippen LogP contribution < -0.4 is 16.0 Å². The minimum atomic E-state index is -0.632. The molecule has 0 saturated carbocycles. The first-order valence-corrected chi connectivity index (χ1v) is 6.11. The fourth-order valence-corrected chi connectivity index (χ4v) is 1.87. The van der Waals surface area contributed by atoms with E-state index in [0.717, 1.165) is 6.42 Å². The third-order valence-corrected chi connectivity index (χ3v) is 2.85. The Morgan fingerprint density at radius 1 is 1.59 bits per heavy atom. The normalized spacial score (nSPS) is 20.6. The van der Waals surface area contributed by atoms with Gasteiger partial charge in [-0.05, 0) is 6.42 Å². The highest BCUT2D eigenvalue weighted by molar-refractivity contribution is 7.80. The largest absolute Gasteiger partial charge is 0.352 e. The fraction of sp³-hybridized carbons (Fsp3) is 0.700. The highest BCUT2D eigenvalue weighted by atomic mass is 32.1. The number of carbonyl (C=O) groups is 3. The molecule has 0 aromatic rings. The Morgan fingerprint density at radius 2 is 2.29 bits per heavy atom. The first-order chi connectivity index (χ1) is 8.02. The third kappa shape index (κ3) is 4.64. The van der Waals surface area contributed by atoms with E-state index in [9.17, 15) is 14.4 Å². The number of hydrogen-bond donors (Lipinski definition) is 4. The lowest BCUT2D eigenvalue weighted by molar-refractivity contribution is -0.127. The van der Waals surface area contributed by atoms with E-state index in [1.54, 1.807) is 0 Å². The molecular weight excluding hydrogens is 242 g/mol. The zero-order chi connectivity index (χ0) is 12.8. The van der Waals surface area contributed by atoms with Gasteiger partial charge >= 0.3 is 0 Å². The Morgan fingerprint density at radius 3 is 2.76 bits per heavy atom. The van der Waals surface area contributed by atoms with E-state index in [2.05, 4.69) is 28.6 Å². The van der Waals surface area contributed by atoms with Crippen molar-refractivity contribution in [3.8, 4) is 0 Å². The van der Waals surface area contributed by atoms with Gasteiger partial charge in [0.25, 0.3) is 0 Å². The Kier molecular flexibility index (Phi) is 5.27. The van der Waals surface area contributed by atoms with Gasteiger partial charge < -0.3 is 16.0 Å². The Balaban J connectivity index is 2.32. The number of nitrogens with one attached hydrogen (secondary N) is 3. The van der Waals surface area contributed by atoms with Gasteiger partial charge in [0, 0.05) is 31.7 Å². The van der Waals surface area contributed by atoms with Gasteiger partial charge in [0.05, 0.1) is 0 Å². The minimum Gasteiger partial charge on any atom is -0.352 e. The summed E-state index contributed by atoms with van der Waals surface area (Å²) in [6.45, 7) is 1.73. The van der Waals surface area contributed by atoms with Gasteiger partial charge in [-0.25, -0.2) is 0 Å². The van der Waals surface area contributed by atoms with Crippen LogP contribution in [0.15, 0.2) is 0 Å². The number of thiol groups is 1. The van der Waals surface area contributed by atoms with E-state index in [0.29, 0.717) is 13.0 Å². The predicted octanol–water partition coefficient (Wildman–Crippen LogP) is -1.18. The average molecular weight is 259 g/mol. The van der Waals surface area contributed by atoms with E-state index in [1.165, 1.54) is 6.92 Å². The first-order valence-electron chi connectivity index (χ1n) is 5.48. The molecule has 6 nitrogen and oxygen atoms in total. The smallest absolute Gasteiger partial charge is 0.243 e. The Hall–Kier alpha value is -1.24. The molecule has 0 aliphatic carbocycles. The van der Waals surface area contributed by atoms with Gasteiger partial charge in [0.15, 0.2) is 0 Å². The summed E-state index contributed by atoms with van der Waals surface area (Å²) in [5, 5.41) is 7.93. The molecule has 0 aromatic heterocycles. The second kappa shape index (κ2) is 6.48. The van der Waals surface area contributed by atoms with E-state index in [1.807, 2.05) is 0 Å². The van der Waals surface area contributed by atoms with E-state index >= 15 is 0 Å². The van der Waals surface area contributed by atoms with Crippen molar-refractivity contribution in [1.29, 1.82) is 0 Å². The molecule has 1 aliphatic rings.